The molecule has 3 rings (SSSR count). The molecular formula is C17H23N3O3. The molecule has 0 radical (unpaired) electrons. The number of ether oxygens (including phenoxy) is 2. The van der Waals surface area contributed by atoms with E-state index in [9.17, 15) is 5.11 Å². The van der Waals surface area contributed by atoms with Crippen LogP contribution in [0.1, 0.15) is 23.7 Å². The largest absolute Gasteiger partial charge is 0.490 e. The number of aromatic nitrogens is 2. The Morgan fingerprint density at radius 3 is 2.83 bits per heavy atom. The number of fused-ring (bicyclic) bond motifs is 1. The summed E-state index contributed by atoms with van der Waals surface area (Å²) in [5, 5.41) is 14.6. The van der Waals surface area contributed by atoms with Gasteiger partial charge in [0.25, 0.3) is 0 Å². The zero-order chi connectivity index (χ0) is 16.2. The summed E-state index contributed by atoms with van der Waals surface area (Å²) in [6.07, 6.45) is 4.13. The fourth-order valence-corrected chi connectivity index (χ4v) is 2.72. The molecule has 1 aliphatic heterocycles. The molecule has 0 bridgehead atoms. The number of benzene rings is 1. The van der Waals surface area contributed by atoms with Gasteiger partial charge in [0.15, 0.2) is 11.5 Å². The third kappa shape index (κ3) is 4.03. The molecule has 0 unspecified atom stereocenters. The smallest absolute Gasteiger partial charge is 0.161 e. The molecule has 0 saturated carbocycles. The lowest BCUT2D eigenvalue weighted by atomic mass is 10.1. The number of hydrogen-bond acceptors (Lipinski definition) is 5. The Kier molecular flexibility index (Phi) is 4.83. The molecule has 1 atom stereocenters. The van der Waals surface area contributed by atoms with Gasteiger partial charge in [0.1, 0.15) is 0 Å². The topological polar surface area (TPSA) is 59.8 Å². The number of hydrogen-bond donors (Lipinski definition) is 1. The van der Waals surface area contributed by atoms with Gasteiger partial charge in [-0.05, 0) is 24.7 Å². The van der Waals surface area contributed by atoms with E-state index in [1.807, 2.05) is 44.7 Å². The zero-order valence-electron chi connectivity index (χ0n) is 13.6. The van der Waals surface area contributed by atoms with Crippen molar-refractivity contribution < 1.29 is 14.6 Å². The van der Waals surface area contributed by atoms with Crippen LogP contribution in [0.15, 0.2) is 30.6 Å². The molecule has 2 heterocycles. The minimum atomic E-state index is -0.575. The van der Waals surface area contributed by atoms with Crippen molar-refractivity contribution in [1.29, 1.82) is 0 Å². The second-order valence-electron chi connectivity index (χ2n) is 5.99. The minimum Gasteiger partial charge on any atom is -0.490 e. The maximum Gasteiger partial charge on any atom is 0.161 e. The number of rotatable bonds is 5. The lowest BCUT2D eigenvalue weighted by Gasteiger charge is -2.21. The predicted molar refractivity (Wildman–Crippen MR) is 86.6 cm³/mol. The summed E-state index contributed by atoms with van der Waals surface area (Å²) in [6, 6.07) is 5.65. The molecule has 124 valence electrons. The minimum absolute atomic E-state index is 0.536. The van der Waals surface area contributed by atoms with Crippen molar-refractivity contribution in [2.75, 3.05) is 26.8 Å². The number of likely N-dealkylation sites (N-methyl/N-ethyl adjacent to an activating group) is 1. The monoisotopic (exact) mass is 317 g/mol. The van der Waals surface area contributed by atoms with Crippen LogP contribution in [0.3, 0.4) is 0 Å². The van der Waals surface area contributed by atoms with Crippen LogP contribution in [0.5, 0.6) is 11.5 Å². The molecular weight excluding hydrogens is 294 g/mol. The van der Waals surface area contributed by atoms with E-state index in [0.29, 0.717) is 25.5 Å². The SMILES string of the molecule is CN(Cc1cnn(C)c1)C[C@@H](O)c1ccc2c(c1)OCCCO2. The van der Waals surface area contributed by atoms with Crippen molar-refractivity contribution in [2.24, 2.45) is 7.05 Å². The van der Waals surface area contributed by atoms with Crippen LogP contribution >= 0.6 is 0 Å². The van der Waals surface area contributed by atoms with Crippen molar-refractivity contribution in [3.63, 3.8) is 0 Å². The standard InChI is InChI=1S/C17H23N3O3/c1-19(10-13-9-18-20(2)11-13)12-15(21)14-4-5-16-17(8-14)23-7-3-6-22-16/h4-5,8-9,11,15,21H,3,6-7,10,12H2,1-2H3/t15-/m1/s1. The van der Waals surface area contributed by atoms with Gasteiger partial charge in [-0.25, -0.2) is 0 Å². The molecule has 1 aliphatic rings. The van der Waals surface area contributed by atoms with E-state index < -0.39 is 6.10 Å². The Morgan fingerprint density at radius 2 is 2.09 bits per heavy atom. The van der Waals surface area contributed by atoms with Crippen molar-refractivity contribution in [2.45, 2.75) is 19.1 Å². The average Bonchev–Trinajstić information content (AvgIpc) is 2.79. The molecule has 0 saturated heterocycles. The van der Waals surface area contributed by atoms with Crippen LogP contribution in [0.25, 0.3) is 0 Å². The first-order chi connectivity index (χ1) is 11.1. The van der Waals surface area contributed by atoms with E-state index in [0.717, 1.165) is 29.8 Å². The molecule has 0 fully saturated rings. The van der Waals surface area contributed by atoms with E-state index >= 15 is 0 Å². The maximum absolute atomic E-state index is 10.5. The van der Waals surface area contributed by atoms with Gasteiger partial charge in [0.2, 0.25) is 0 Å². The Morgan fingerprint density at radius 1 is 1.30 bits per heavy atom. The maximum atomic E-state index is 10.5. The Hall–Kier alpha value is -2.05. The van der Waals surface area contributed by atoms with Gasteiger partial charge in [0.05, 0.1) is 25.5 Å². The van der Waals surface area contributed by atoms with Crippen LogP contribution in [0.4, 0.5) is 0 Å². The Bertz CT molecular complexity index is 656. The Labute approximate surface area is 136 Å². The molecule has 23 heavy (non-hydrogen) atoms. The van der Waals surface area contributed by atoms with Crippen LogP contribution in [-0.4, -0.2) is 46.6 Å². The second-order valence-corrected chi connectivity index (χ2v) is 5.99. The molecule has 0 spiro atoms. The summed E-state index contributed by atoms with van der Waals surface area (Å²) in [4.78, 5) is 2.07. The van der Waals surface area contributed by atoms with Gasteiger partial charge in [0, 0.05) is 38.3 Å². The second kappa shape index (κ2) is 7.02. The third-order valence-corrected chi connectivity index (χ3v) is 3.85. The van der Waals surface area contributed by atoms with Gasteiger partial charge < -0.3 is 14.6 Å². The number of aliphatic hydroxyl groups is 1. The number of nitrogens with zero attached hydrogens (tertiary/aromatic N) is 3. The summed E-state index contributed by atoms with van der Waals surface area (Å²) >= 11 is 0. The normalized spacial score (nSPS) is 15.5. The van der Waals surface area contributed by atoms with E-state index in [1.165, 1.54) is 0 Å². The summed E-state index contributed by atoms with van der Waals surface area (Å²) in [5.41, 5.74) is 1.97. The first-order valence-corrected chi connectivity index (χ1v) is 7.85. The third-order valence-electron chi connectivity index (χ3n) is 3.85. The van der Waals surface area contributed by atoms with Crippen molar-refractivity contribution in [3.05, 3.63) is 41.7 Å². The summed E-state index contributed by atoms with van der Waals surface area (Å²) in [6.45, 7) is 2.60. The quantitative estimate of drug-likeness (QED) is 0.910. The fraction of sp³-hybridized carbons (Fsp3) is 0.471. The van der Waals surface area contributed by atoms with Gasteiger partial charge in [-0.15, -0.1) is 0 Å². The molecule has 1 N–H and O–H groups in total. The molecule has 0 amide bonds. The van der Waals surface area contributed by atoms with Crippen molar-refractivity contribution in [3.8, 4) is 11.5 Å². The van der Waals surface area contributed by atoms with Crippen LogP contribution in [0, 0.1) is 0 Å². The fourth-order valence-electron chi connectivity index (χ4n) is 2.72. The summed E-state index contributed by atoms with van der Waals surface area (Å²) in [7, 11) is 3.88. The lowest BCUT2D eigenvalue weighted by Crippen LogP contribution is -2.24. The number of aryl methyl sites for hydroxylation is 1. The van der Waals surface area contributed by atoms with Crippen molar-refractivity contribution >= 4 is 0 Å². The van der Waals surface area contributed by atoms with E-state index in [2.05, 4.69) is 10.00 Å². The first-order valence-electron chi connectivity index (χ1n) is 7.85. The average molecular weight is 317 g/mol. The van der Waals surface area contributed by atoms with E-state index in [-0.39, 0.29) is 0 Å². The molecule has 1 aromatic carbocycles. The summed E-state index contributed by atoms with van der Waals surface area (Å²) in [5.74, 6) is 1.47. The van der Waals surface area contributed by atoms with Crippen LogP contribution < -0.4 is 9.47 Å². The highest BCUT2D eigenvalue weighted by atomic mass is 16.5. The van der Waals surface area contributed by atoms with E-state index in [4.69, 9.17) is 9.47 Å². The highest BCUT2D eigenvalue weighted by molar-refractivity contribution is 5.44. The number of aliphatic hydroxyl groups excluding tert-OH is 1. The van der Waals surface area contributed by atoms with Gasteiger partial charge >= 0.3 is 0 Å². The molecule has 6 nitrogen and oxygen atoms in total. The molecule has 6 heteroatoms. The zero-order valence-corrected chi connectivity index (χ0v) is 13.6. The lowest BCUT2D eigenvalue weighted by molar-refractivity contribution is 0.123. The molecule has 0 aliphatic carbocycles. The molecule has 1 aromatic heterocycles. The predicted octanol–water partition coefficient (Wildman–Crippen LogP) is 1.75. The van der Waals surface area contributed by atoms with Gasteiger partial charge in [-0.2, -0.15) is 5.10 Å². The summed E-state index contributed by atoms with van der Waals surface area (Å²) < 4.78 is 13.1. The highest BCUT2D eigenvalue weighted by Gasteiger charge is 2.16. The van der Waals surface area contributed by atoms with Crippen LogP contribution in [-0.2, 0) is 13.6 Å². The van der Waals surface area contributed by atoms with Gasteiger partial charge in [-0.3, -0.25) is 9.58 Å². The Balaban J connectivity index is 1.63. The van der Waals surface area contributed by atoms with Crippen LogP contribution in [0.2, 0.25) is 0 Å². The van der Waals surface area contributed by atoms with Gasteiger partial charge in [-0.1, -0.05) is 6.07 Å². The molecule has 2 aromatic rings. The van der Waals surface area contributed by atoms with E-state index in [1.54, 1.807) is 4.68 Å². The highest BCUT2D eigenvalue weighted by Crippen LogP contribution is 2.32. The first kappa shape index (κ1) is 15.8. The van der Waals surface area contributed by atoms with Crippen molar-refractivity contribution in [1.82, 2.24) is 14.7 Å².